The Balaban J connectivity index is 4.15. The largest absolute Gasteiger partial charge is 0.462 e. The van der Waals surface area contributed by atoms with Crippen molar-refractivity contribution in [3.8, 4) is 0 Å². The zero-order valence-electron chi connectivity index (χ0n) is 41.9. The van der Waals surface area contributed by atoms with Crippen molar-refractivity contribution in [2.45, 2.75) is 316 Å². The van der Waals surface area contributed by atoms with Gasteiger partial charge in [-0.2, -0.15) is 0 Å². The molecule has 0 N–H and O–H groups in total. The van der Waals surface area contributed by atoms with E-state index in [1.54, 1.807) is 0 Å². The molecule has 0 saturated heterocycles. The van der Waals surface area contributed by atoms with Gasteiger partial charge in [-0.15, -0.1) is 0 Å². The molecular formula is C56H106O6. The lowest BCUT2D eigenvalue weighted by Crippen LogP contribution is -2.30. The Morgan fingerprint density at radius 3 is 0.806 bits per heavy atom. The smallest absolute Gasteiger partial charge is 0.306 e. The lowest BCUT2D eigenvalue weighted by atomic mass is 10.0. The molecule has 0 aliphatic rings. The predicted octanol–water partition coefficient (Wildman–Crippen LogP) is 18.2. The van der Waals surface area contributed by atoms with Gasteiger partial charge in [0.15, 0.2) is 6.10 Å². The minimum atomic E-state index is -0.762. The second-order valence-electron chi connectivity index (χ2n) is 18.9. The average Bonchev–Trinajstić information content (AvgIpc) is 3.27. The Kier molecular flexibility index (Phi) is 50.2. The number of ether oxygens (including phenoxy) is 3. The van der Waals surface area contributed by atoms with Crippen molar-refractivity contribution in [1.82, 2.24) is 0 Å². The first kappa shape index (κ1) is 60.2. The van der Waals surface area contributed by atoms with Gasteiger partial charge in [0.1, 0.15) is 13.2 Å². The molecule has 6 heteroatoms. The quantitative estimate of drug-likeness (QED) is 0.0262. The second-order valence-corrected chi connectivity index (χ2v) is 18.9. The summed E-state index contributed by atoms with van der Waals surface area (Å²) in [6, 6.07) is 0. The minimum absolute atomic E-state index is 0.0648. The van der Waals surface area contributed by atoms with E-state index >= 15 is 0 Å². The van der Waals surface area contributed by atoms with Crippen LogP contribution in [-0.2, 0) is 28.6 Å². The van der Waals surface area contributed by atoms with Gasteiger partial charge in [0, 0.05) is 19.3 Å². The zero-order valence-corrected chi connectivity index (χ0v) is 41.9. The first-order chi connectivity index (χ1) is 30.5. The molecule has 1 atom stereocenters. The van der Waals surface area contributed by atoms with Gasteiger partial charge < -0.3 is 14.2 Å². The number of rotatable bonds is 51. The fraction of sp³-hybridized carbons (Fsp3) is 0.911. The van der Waals surface area contributed by atoms with Crippen molar-refractivity contribution in [2.24, 2.45) is 0 Å². The molecule has 366 valence electrons. The fourth-order valence-electron chi connectivity index (χ4n) is 8.32. The van der Waals surface area contributed by atoms with Crippen molar-refractivity contribution < 1.29 is 28.6 Å². The SMILES string of the molecule is CCCCCCCCCC/C=C\CCCCCCCCCCCCCC(=O)OCC(COC(=O)CCCCCCCCCCCC)OC(=O)CCCCCCCCCCCCC. The van der Waals surface area contributed by atoms with E-state index in [4.69, 9.17) is 14.2 Å². The molecule has 0 bridgehead atoms. The van der Waals surface area contributed by atoms with Crippen molar-refractivity contribution in [2.75, 3.05) is 13.2 Å². The minimum Gasteiger partial charge on any atom is -0.462 e. The third kappa shape index (κ3) is 49.2. The normalized spacial score (nSPS) is 12.0. The summed E-state index contributed by atoms with van der Waals surface area (Å²) in [6.07, 6.45) is 57.8. The topological polar surface area (TPSA) is 78.9 Å². The number of hydrogen-bond acceptors (Lipinski definition) is 6. The Hall–Kier alpha value is -1.85. The van der Waals surface area contributed by atoms with E-state index in [9.17, 15) is 14.4 Å². The van der Waals surface area contributed by atoms with Crippen LogP contribution in [0.15, 0.2) is 12.2 Å². The van der Waals surface area contributed by atoms with Crippen molar-refractivity contribution in [3.63, 3.8) is 0 Å². The number of unbranched alkanes of at least 4 members (excludes halogenated alkanes) is 38. The molecular weight excluding hydrogens is 769 g/mol. The van der Waals surface area contributed by atoms with Crippen LogP contribution in [0.4, 0.5) is 0 Å². The zero-order chi connectivity index (χ0) is 45.1. The summed E-state index contributed by atoms with van der Waals surface area (Å²) in [6.45, 7) is 6.66. The molecule has 1 unspecified atom stereocenters. The van der Waals surface area contributed by atoms with E-state index < -0.39 is 6.10 Å². The maximum absolute atomic E-state index is 12.8. The molecule has 0 heterocycles. The van der Waals surface area contributed by atoms with Gasteiger partial charge in [0.05, 0.1) is 0 Å². The summed E-state index contributed by atoms with van der Waals surface area (Å²) in [5.74, 6) is -0.850. The van der Waals surface area contributed by atoms with E-state index in [1.165, 1.54) is 212 Å². The Morgan fingerprint density at radius 1 is 0.306 bits per heavy atom. The monoisotopic (exact) mass is 875 g/mol. The van der Waals surface area contributed by atoms with Gasteiger partial charge >= 0.3 is 17.9 Å². The summed E-state index contributed by atoms with van der Waals surface area (Å²) >= 11 is 0. The van der Waals surface area contributed by atoms with Gasteiger partial charge in [0.25, 0.3) is 0 Å². The van der Waals surface area contributed by atoms with Crippen LogP contribution in [0, 0.1) is 0 Å². The lowest BCUT2D eigenvalue weighted by molar-refractivity contribution is -0.167. The lowest BCUT2D eigenvalue weighted by Gasteiger charge is -2.18. The number of allylic oxidation sites excluding steroid dienone is 2. The molecule has 0 aromatic carbocycles. The number of esters is 3. The van der Waals surface area contributed by atoms with Gasteiger partial charge in [-0.3, -0.25) is 14.4 Å². The molecule has 62 heavy (non-hydrogen) atoms. The molecule has 0 aromatic heterocycles. The second kappa shape index (κ2) is 51.8. The Bertz CT molecular complexity index is 962. The molecule has 0 aliphatic heterocycles. The Morgan fingerprint density at radius 2 is 0.532 bits per heavy atom. The Labute approximate surface area is 386 Å². The van der Waals surface area contributed by atoms with Gasteiger partial charge in [0.2, 0.25) is 0 Å². The van der Waals surface area contributed by atoms with E-state index in [-0.39, 0.29) is 31.1 Å². The van der Waals surface area contributed by atoms with Gasteiger partial charge in [-0.1, -0.05) is 258 Å². The highest BCUT2D eigenvalue weighted by Gasteiger charge is 2.19. The molecule has 0 saturated carbocycles. The van der Waals surface area contributed by atoms with Crippen molar-refractivity contribution in [1.29, 1.82) is 0 Å². The van der Waals surface area contributed by atoms with Crippen molar-refractivity contribution >= 4 is 17.9 Å². The maximum atomic E-state index is 12.8. The summed E-state index contributed by atoms with van der Waals surface area (Å²) < 4.78 is 16.8. The third-order valence-electron chi connectivity index (χ3n) is 12.5. The van der Waals surface area contributed by atoms with Crippen LogP contribution < -0.4 is 0 Å². The van der Waals surface area contributed by atoms with E-state index in [0.29, 0.717) is 19.3 Å². The standard InChI is InChI=1S/C56H106O6/c1-4-7-10-13-16-19-22-23-24-25-26-27-28-29-30-31-32-33-35-37-40-43-46-49-55(58)61-52-53(51-60-54(57)48-45-42-39-36-21-18-15-12-9-6-3)62-56(59)50-47-44-41-38-34-20-17-14-11-8-5-2/h25-26,53H,4-24,27-52H2,1-3H3/b26-25-. The molecule has 0 amide bonds. The first-order valence-electron chi connectivity index (χ1n) is 27.7. The number of carbonyl (C=O) groups excluding carboxylic acids is 3. The van der Waals surface area contributed by atoms with Gasteiger partial charge in [-0.05, 0) is 44.9 Å². The molecule has 6 nitrogen and oxygen atoms in total. The van der Waals surface area contributed by atoms with Crippen LogP contribution >= 0.6 is 0 Å². The van der Waals surface area contributed by atoms with Gasteiger partial charge in [-0.25, -0.2) is 0 Å². The number of hydrogen-bond donors (Lipinski definition) is 0. The highest BCUT2D eigenvalue weighted by Crippen LogP contribution is 2.16. The van der Waals surface area contributed by atoms with E-state index in [1.807, 2.05) is 0 Å². The van der Waals surface area contributed by atoms with Crippen LogP contribution in [0.5, 0.6) is 0 Å². The van der Waals surface area contributed by atoms with Crippen LogP contribution in [0.2, 0.25) is 0 Å². The first-order valence-corrected chi connectivity index (χ1v) is 27.7. The average molecular weight is 875 g/mol. The highest BCUT2D eigenvalue weighted by atomic mass is 16.6. The molecule has 0 spiro atoms. The highest BCUT2D eigenvalue weighted by molar-refractivity contribution is 5.71. The van der Waals surface area contributed by atoms with E-state index in [2.05, 4.69) is 32.9 Å². The summed E-state index contributed by atoms with van der Waals surface area (Å²) in [5, 5.41) is 0. The van der Waals surface area contributed by atoms with Crippen LogP contribution in [-0.4, -0.2) is 37.2 Å². The van der Waals surface area contributed by atoms with Crippen LogP contribution in [0.3, 0.4) is 0 Å². The predicted molar refractivity (Wildman–Crippen MR) is 266 cm³/mol. The fourth-order valence-corrected chi connectivity index (χ4v) is 8.32. The molecule has 0 aromatic rings. The van der Waals surface area contributed by atoms with Crippen molar-refractivity contribution in [3.05, 3.63) is 12.2 Å². The molecule has 0 rings (SSSR count). The summed E-state index contributed by atoms with van der Waals surface area (Å²) in [7, 11) is 0. The summed E-state index contributed by atoms with van der Waals surface area (Å²) in [5.41, 5.74) is 0. The third-order valence-corrected chi connectivity index (χ3v) is 12.5. The van der Waals surface area contributed by atoms with Crippen LogP contribution in [0.1, 0.15) is 310 Å². The molecule has 0 aliphatic carbocycles. The maximum Gasteiger partial charge on any atom is 0.306 e. The van der Waals surface area contributed by atoms with Crippen LogP contribution in [0.25, 0.3) is 0 Å². The molecule has 0 fully saturated rings. The summed E-state index contributed by atoms with van der Waals surface area (Å²) in [4.78, 5) is 37.9. The number of carbonyl (C=O) groups is 3. The van der Waals surface area contributed by atoms with E-state index in [0.717, 1.165) is 57.8 Å². The molecule has 0 radical (unpaired) electrons.